The van der Waals surface area contributed by atoms with Gasteiger partial charge >= 0.3 is 12.4 Å². The topological polar surface area (TPSA) is 43.1 Å². The molecule has 0 spiro atoms. The number of nitrogens with zero attached hydrogens (tertiary/aromatic N) is 4. The summed E-state index contributed by atoms with van der Waals surface area (Å²) in [7, 11) is 0. The summed E-state index contributed by atoms with van der Waals surface area (Å²) in [5.74, 6) is -1.41. The lowest BCUT2D eigenvalue weighted by Crippen LogP contribution is -2.08. The van der Waals surface area contributed by atoms with E-state index in [2.05, 4.69) is 15.2 Å². The van der Waals surface area contributed by atoms with Crippen LogP contribution in [0.1, 0.15) is 17.1 Å². The number of hydrogen-bond donors (Lipinski definition) is 0. The summed E-state index contributed by atoms with van der Waals surface area (Å²) in [6.45, 7) is 1.49. The van der Waals surface area contributed by atoms with Gasteiger partial charge in [0.2, 0.25) is 0 Å². The summed E-state index contributed by atoms with van der Waals surface area (Å²) in [4.78, 5) is 3.38. The van der Waals surface area contributed by atoms with Gasteiger partial charge in [-0.1, -0.05) is 12.1 Å². The highest BCUT2D eigenvalue weighted by atomic mass is 19.4. The van der Waals surface area contributed by atoms with Crippen LogP contribution in [0.3, 0.4) is 0 Å². The largest absolute Gasteiger partial charge is 0.453 e. The Morgan fingerprint density at radius 3 is 2.25 bits per heavy atom. The van der Waals surface area contributed by atoms with Crippen LogP contribution in [0.25, 0.3) is 16.8 Å². The zero-order valence-electron chi connectivity index (χ0n) is 11.9. The Hall–Kier alpha value is -2.65. The van der Waals surface area contributed by atoms with E-state index in [1.54, 1.807) is 0 Å². The summed E-state index contributed by atoms with van der Waals surface area (Å²) < 4.78 is 77.5. The molecule has 126 valence electrons. The summed E-state index contributed by atoms with van der Waals surface area (Å²) in [6, 6.07) is 5.60. The summed E-state index contributed by atoms with van der Waals surface area (Å²) in [5, 5.41) is 7.04. The van der Waals surface area contributed by atoms with Crippen molar-refractivity contribution in [1.82, 2.24) is 19.8 Å². The molecule has 0 aliphatic carbocycles. The molecule has 0 atom stereocenters. The van der Waals surface area contributed by atoms with Gasteiger partial charge in [0.1, 0.15) is 0 Å². The number of halogens is 6. The van der Waals surface area contributed by atoms with Gasteiger partial charge < -0.3 is 0 Å². The molecule has 2 aromatic heterocycles. The molecule has 4 nitrogen and oxygen atoms in total. The third-order valence-corrected chi connectivity index (χ3v) is 3.19. The zero-order chi connectivity index (χ0) is 17.7. The first kappa shape index (κ1) is 16.2. The Bertz CT molecular complexity index is 910. The molecule has 0 aliphatic rings. The first-order chi connectivity index (χ1) is 11.1. The minimum Gasteiger partial charge on any atom is -0.201 e. The Kier molecular flexibility index (Phi) is 3.50. The fourth-order valence-corrected chi connectivity index (χ4v) is 2.19. The lowest BCUT2D eigenvalue weighted by molar-refractivity contribution is -0.144. The molecule has 3 rings (SSSR count). The molecule has 0 N–H and O–H groups in total. The van der Waals surface area contributed by atoms with Crippen LogP contribution in [0.4, 0.5) is 26.3 Å². The predicted molar refractivity (Wildman–Crippen MR) is 71.0 cm³/mol. The highest BCUT2D eigenvalue weighted by Gasteiger charge is 2.37. The van der Waals surface area contributed by atoms with Gasteiger partial charge in [-0.15, -0.1) is 9.73 Å². The van der Waals surface area contributed by atoms with E-state index in [1.807, 2.05) is 0 Å². The van der Waals surface area contributed by atoms with Crippen molar-refractivity contribution in [2.75, 3.05) is 0 Å². The minimum atomic E-state index is -4.79. The van der Waals surface area contributed by atoms with E-state index in [9.17, 15) is 26.3 Å². The van der Waals surface area contributed by atoms with Crippen LogP contribution in [0.15, 0.2) is 30.3 Å². The number of alkyl halides is 6. The molecule has 0 bridgehead atoms. The number of benzene rings is 1. The van der Waals surface area contributed by atoms with Crippen molar-refractivity contribution in [3.63, 3.8) is 0 Å². The van der Waals surface area contributed by atoms with Gasteiger partial charge in [0.15, 0.2) is 5.65 Å². The number of aromatic nitrogens is 4. The summed E-state index contributed by atoms with van der Waals surface area (Å²) in [6.07, 6.45) is -9.36. The van der Waals surface area contributed by atoms with E-state index >= 15 is 0 Å². The van der Waals surface area contributed by atoms with Crippen molar-refractivity contribution in [3.8, 4) is 11.1 Å². The summed E-state index contributed by atoms with van der Waals surface area (Å²) in [5.41, 5.74) is -0.748. The third kappa shape index (κ3) is 2.91. The molecule has 0 radical (unpaired) electrons. The molecule has 3 aromatic rings. The van der Waals surface area contributed by atoms with Gasteiger partial charge in [0, 0.05) is 5.56 Å². The number of aryl methyl sites for hydroxylation is 1. The monoisotopic (exact) mass is 346 g/mol. The second kappa shape index (κ2) is 5.18. The standard InChI is InChI=1S/C14H8F6N4/c1-7-5-10(8-3-2-4-9(6-8)13(15,16)17)11-21-12(14(18,19)20)23-24(11)22-7/h2-6H,1H3. The van der Waals surface area contributed by atoms with Gasteiger partial charge in [-0.3, -0.25) is 0 Å². The van der Waals surface area contributed by atoms with Crippen molar-refractivity contribution in [1.29, 1.82) is 0 Å². The first-order valence-corrected chi connectivity index (χ1v) is 6.55. The van der Waals surface area contributed by atoms with E-state index in [0.29, 0.717) is 4.63 Å². The fraction of sp³-hybridized carbons (Fsp3) is 0.214. The number of fused-ring (bicyclic) bond motifs is 1. The number of rotatable bonds is 1. The Balaban J connectivity index is 2.24. The Morgan fingerprint density at radius 2 is 1.62 bits per heavy atom. The van der Waals surface area contributed by atoms with Gasteiger partial charge in [0.25, 0.3) is 5.82 Å². The molecule has 0 unspecified atom stereocenters. The maximum atomic E-state index is 12.8. The lowest BCUT2D eigenvalue weighted by atomic mass is 10.0. The molecule has 0 saturated carbocycles. The van der Waals surface area contributed by atoms with Crippen LogP contribution in [0, 0.1) is 6.92 Å². The zero-order valence-corrected chi connectivity index (χ0v) is 11.9. The van der Waals surface area contributed by atoms with E-state index in [1.165, 1.54) is 25.1 Å². The smallest absolute Gasteiger partial charge is 0.201 e. The molecule has 24 heavy (non-hydrogen) atoms. The van der Waals surface area contributed by atoms with E-state index < -0.39 is 23.7 Å². The quantitative estimate of drug-likeness (QED) is 0.622. The molecule has 10 heteroatoms. The van der Waals surface area contributed by atoms with Crippen molar-refractivity contribution in [3.05, 3.63) is 47.4 Å². The Labute approximate surface area is 130 Å². The molecule has 0 saturated heterocycles. The van der Waals surface area contributed by atoms with Crippen molar-refractivity contribution < 1.29 is 26.3 Å². The molecule has 2 heterocycles. The van der Waals surface area contributed by atoms with Crippen LogP contribution < -0.4 is 0 Å². The molecule has 0 fully saturated rings. The highest BCUT2D eigenvalue weighted by molar-refractivity contribution is 5.77. The second-order valence-electron chi connectivity index (χ2n) is 5.02. The molecular formula is C14H8F6N4. The van der Waals surface area contributed by atoms with E-state index in [0.717, 1.165) is 12.1 Å². The van der Waals surface area contributed by atoms with Crippen LogP contribution in [-0.2, 0) is 12.4 Å². The van der Waals surface area contributed by atoms with Crippen molar-refractivity contribution in [2.24, 2.45) is 0 Å². The van der Waals surface area contributed by atoms with Gasteiger partial charge in [-0.05, 0) is 30.7 Å². The van der Waals surface area contributed by atoms with E-state index in [4.69, 9.17) is 0 Å². The average Bonchev–Trinajstić information content (AvgIpc) is 2.89. The molecule has 0 amide bonds. The maximum Gasteiger partial charge on any atom is 0.453 e. The van der Waals surface area contributed by atoms with Crippen LogP contribution in [-0.4, -0.2) is 19.8 Å². The average molecular weight is 346 g/mol. The van der Waals surface area contributed by atoms with Crippen molar-refractivity contribution >= 4 is 5.65 Å². The van der Waals surface area contributed by atoms with E-state index in [-0.39, 0.29) is 22.5 Å². The minimum absolute atomic E-state index is 0.0708. The van der Waals surface area contributed by atoms with Gasteiger partial charge in [0.05, 0.1) is 11.3 Å². The Morgan fingerprint density at radius 1 is 0.917 bits per heavy atom. The third-order valence-electron chi connectivity index (χ3n) is 3.19. The second-order valence-corrected chi connectivity index (χ2v) is 5.02. The molecule has 1 aromatic carbocycles. The van der Waals surface area contributed by atoms with Gasteiger partial charge in [-0.2, -0.15) is 31.4 Å². The highest BCUT2D eigenvalue weighted by Crippen LogP contribution is 2.34. The van der Waals surface area contributed by atoms with Crippen LogP contribution in [0.2, 0.25) is 0 Å². The maximum absolute atomic E-state index is 12.8. The number of hydrogen-bond acceptors (Lipinski definition) is 3. The lowest BCUT2D eigenvalue weighted by Gasteiger charge is -2.09. The summed E-state index contributed by atoms with van der Waals surface area (Å²) >= 11 is 0. The van der Waals surface area contributed by atoms with Gasteiger partial charge in [-0.25, -0.2) is 4.98 Å². The SMILES string of the molecule is Cc1cc(-c2cccc(C(F)(F)F)c2)c2nc(C(F)(F)F)nn2n1. The molecule has 0 aliphatic heterocycles. The molecular weight excluding hydrogens is 338 g/mol. The fourth-order valence-electron chi connectivity index (χ4n) is 2.19. The predicted octanol–water partition coefficient (Wildman–Crippen LogP) is 4.14. The van der Waals surface area contributed by atoms with Crippen molar-refractivity contribution in [2.45, 2.75) is 19.3 Å². The first-order valence-electron chi connectivity index (χ1n) is 6.55. The van der Waals surface area contributed by atoms with Crippen LogP contribution in [0.5, 0.6) is 0 Å². The normalized spacial score (nSPS) is 12.8. The van der Waals surface area contributed by atoms with Crippen LogP contribution >= 0.6 is 0 Å².